The number of methoxy groups -OCH3 is 4. The molecule has 0 atom stereocenters. The smallest absolute Gasteiger partial charge is 0.215 e. The van der Waals surface area contributed by atoms with Gasteiger partial charge in [0.15, 0.2) is 5.78 Å². The average Bonchev–Trinajstić information content (AvgIpc) is 2.54. The molecule has 0 fully saturated rings. The van der Waals surface area contributed by atoms with Crippen LogP contribution >= 0.6 is 0 Å². The molecule has 0 bridgehead atoms. The van der Waals surface area contributed by atoms with Crippen molar-refractivity contribution < 1.29 is 23.7 Å². The van der Waals surface area contributed by atoms with Crippen LogP contribution in [0.15, 0.2) is 36.4 Å². The number of hydrogen-bond donors (Lipinski definition) is 0. The van der Waals surface area contributed by atoms with E-state index in [1.165, 1.54) is 26.4 Å². The lowest BCUT2D eigenvalue weighted by Crippen LogP contribution is -2.35. The Balaban J connectivity index is 2.59. The standard InChI is InChI=1S/C16H18O5/c1-18-12-5-6-13(15(10-12)19-2)14-9-11(17)7-8-16(14,20-3)21-4/h5-10H,1-4H3. The van der Waals surface area contributed by atoms with Gasteiger partial charge in [-0.2, -0.15) is 0 Å². The molecular weight excluding hydrogens is 272 g/mol. The molecule has 2 rings (SSSR count). The van der Waals surface area contributed by atoms with Gasteiger partial charge in [-0.15, -0.1) is 0 Å². The predicted molar refractivity (Wildman–Crippen MR) is 78.4 cm³/mol. The average molecular weight is 290 g/mol. The molecule has 0 radical (unpaired) electrons. The van der Waals surface area contributed by atoms with Crippen LogP contribution in [0.5, 0.6) is 11.5 Å². The first-order valence-electron chi connectivity index (χ1n) is 6.38. The summed E-state index contributed by atoms with van der Waals surface area (Å²) in [7, 11) is 6.18. The molecule has 21 heavy (non-hydrogen) atoms. The number of benzene rings is 1. The predicted octanol–water partition coefficient (Wildman–Crippen LogP) is 2.22. The molecular formula is C16H18O5. The summed E-state index contributed by atoms with van der Waals surface area (Å²) in [6.45, 7) is 0. The lowest BCUT2D eigenvalue weighted by molar-refractivity contribution is -0.128. The number of ether oxygens (including phenoxy) is 4. The summed E-state index contributed by atoms with van der Waals surface area (Å²) in [6.07, 6.45) is 4.50. The highest BCUT2D eigenvalue weighted by Gasteiger charge is 2.37. The maximum absolute atomic E-state index is 11.7. The largest absolute Gasteiger partial charge is 0.497 e. The number of carbonyl (C=O) groups excluding carboxylic acids is 1. The van der Waals surface area contributed by atoms with Gasteiger partial charge < -0.3 is 18.9 Å². The van der Waals surface area contributed by atoms with Crippen molar-refractivity contribution in [3.63, 3.8) is 0 Å². The fourth-order valence-electron chi connectivity index (χ4n) is 2.30. The molecule has 0 unspecified atom stereocenters. The topological polar surface area (TPSA) is 54.0 Å². The van der Waals surface area contributed by atoms with E-state index in [0.717, 1.165) is 0 Å². The van der Waals surface area contributed by atoms with Crippen molar-refractivity contribution >= 4 is 11.4 Å². The Labute approximate surface area is 123 Å². The fraction of sp³-hybridized carbons (Fsp3) is 0.312. The summed E-state index contributed by atoms with van der Waals surface area (Å²) in [5.74, 6) is -0.0143. The molecule has 0 spiro atoms. The van der Waals surface area contributed by atoms with Crippen molar-refractivity contribution in [1.29, 1.82) is 0 Å². The molecule has 1 aromatic rings. The van der Waals surface area contributed by atoms with E-state index in [1.54, 1.807) is 32.4 Å². The van der Waals surface area contributed by atoms with E-state index in [-0.39, 0.29) is 5.78 Å². The summed E-state index contributed by atoms with van der Waals surface area (Å²) in [5, 5.41) is 0. The molecule has 0 saturated heterocycles. The van der Waals surface area contributed by atoms with E-state index < -0.39 is 5.79 Å². The van der Waals surface area contributed by atoms with Gasteiger partial charge in [0.1, 0.15) is 11.5 Å². The summed E-state index contributed by atoms with van der Waals surface area (Å²) in [5.41, 5.74) is 1.29. The first-order chi connectivity index (χ1) is 10.1. The van der Waals surface area contributed by atoms with Crippen LogP contribution in [-0.2, 0) is 14.3 Å². The first-order valence-corrected chi connectivity index (χ1v) is 6.38. The van der Waals surface area contributed by atoms with Gasteiger partial charge in [-0.3, -0.25) is 4.79 Å². The number of rotatable bonds is 5. The van der Waals surface area contributed by atoms with Crippen LogP contribution in [0.4, 0.5) is 0 Å². The highest BCUT2D eigenvalue weighted by atomic mass is 16.7. The number of ketones is 1. The van der Waals surface area contributed by atoms with E-state index in [2.05, 4.69) is 0 Å². The highest BCUT2D eigenvalue weighted by molar-refractivity contribution is 6.08. The van der Waals surface area contributed by atoms with Gasteiger partial charge in [0.05, 0.1) is 14.2 Å². The van der Waals surface area contributed by atoms with Gasteiger partial charge in [0.25, 0.3) is 0 Å². The van der Waals surface area contributed by atoms with Crippen LogP contribution in [-0.4, -0.2) is 40.0 Å². The number of allylic oxidation sites excluding steroid dienone is 2. The molecule has 0 aliphatic heterocycles. The van der Waals surface area contributed by atoms with Crippen LogP contribution < -0.4 is 9.47 Å². The first kappa shape index (κ1) is 15.3. The summed E-state index contributed by atoms with van der Waals surface area (Å²) < 4.78 is 21.5. The highest BCUT2D eigenvalue weighted by Crippen LogP contribution is 2.40. The third-order valence-corrected chi connectivity index (χ3v) is 3.43. The molecule has 0 amide bonds. The van der Waals surface area contributed by atoms with Crippen molar-refractivity contribution in [2.45, 2.75) is 5.79 Å². The SMILES string of the molecule is COc1ccc(C2=CC(=O)C=CC2(OC)OC)c(OC)c1. The van der Waals surface area contributed by atoms with Crippen LogP contribution in [0, 0.1) is 0 Å². The molecule has 1 aromatic carbocycles. The zero-order valence-electron chi connectivity index (χ0n) is 12.5. The summed E-state index contributed by atoms with van der Waals surface area (Å²) >= 11 is 0. The van der Waals surface area contributed by atoms with Crippen molar-refractivity contribution in [1.82, 2.24) is 0 Å². The van der Waals surface area contributed by atoms with E-state index in [9.17, 15) is 4.79 Å². The molecule has 1 aliphatic carbocycles. The lowest BCUT2D eigenvalue weighted by atomic mass is 9.91. The van der Waals surface area contributed by atoms with Crippen LogP contribution in [0.1, 0.15) is 5.56 Å². The Morgan fingerprint density at radius 1 is 1.00 bits per heavy atom. The Morgan fingerprint density at radius 2 is 1.71 bits per heavy atom. The van der Waals surface area contributed by atoms with Gasteiger partial charge >= 0.3 is 0 Å². The minimum atomic E-state index is -1.12. The summed E-state index contributed by atoms with van der Waals surface area (Å²) in [6, 6.07) is 5.34. The Hall–Kier alpha value is -2.11. The van der Waals surface area contributed by atoms with Crippen molar-refractivity contribution in [2.75, 3.05) is 28.4 Å². The second-order valence-electron chi connectivity index (χ2n) is 4.44. The molecule has 1 aliphatic rings. The third-order valence-electron chi connectivity index (χ3n) is 3.43. The molecule has 0 saturated carbocycles. The fourth-order valence-corrected chi connectivity index (χ4v) is 2.30. The molecule has 112 valence electrons. The minimum Gasteiger partial charge on any atom is -0.497 e. The van der Waals surface area contributed by atoms with Gasteiger partial charge in [-0.05, 0) is 30.4 Å². The molecule has 5 heteroatoms. The van der Waals surface area contributed by atoms with Gasteiger partial charge in [-0.25, -0.2) is 0 Å². The van der Waals surface area contributed by atoms with Crippen molar-refractivity contribution in [3.8, 4) is 11.5 Å². The second-order valence-corrected chi connectivity index (χ2v) is 4.44. The van der Waals surface area contributed by atoms with E-state index in [4.69, 9.17) is 18.9 Å². The van der Waals surface area contributed by atoms with E-state index >= 15 is 0 Å². The Bertz CT molecular complexity index is 597. The van der Waals surface area contributed by atoms with Crippen LogP contribution in [0.2, 0.25) is 0 Å². The summed E-state index contributed by atoms with van der Waals surface area (Å²) in [4.78, 5) is 11.7. The molecule has 5 nitrogen and oxygen atoms in total. The Kier molecular flexibility index (Phi) is 4.45. The van der Waals surface area contributed by atoms with Crippen LogP contribution in [0.25, 0.3) is 5.57 Å². The zero-order chi connectivity index (χ0) is 15.5. The normalized spacial score (nSPS) is 16.6. The molecule has 0 aromatic heterocycles. The van der Waals surface area contributed by atoms with Gasteiger partial charge in [-0.1, -0.05) is 0 Å². The van der Waals surface area contributed by atoms with Crippen molar-refractivity contribution in [2.24, 2.45) is 0 Å². The zero-order valence-corrected chi connectivity index (χ0v) is 12.5. The number of carbonyl (C=O) groups is 1. The van der Waals surface area contributed by atoms with Crippen LogP contribution in [0.3, 0.4) is 0 Å². The molecule has 0 N–H and O–H groups in total. The second kappa shape index (κ2) is 6.11. The van der Waals surface area contributed by atoms with E-state index in [1.807, 2.05) is 6.07 Å². The molecule has 0 heterocycles. The third kappa shape index (κ3) is 2.70. The quantitative estimate of drug-likeness (QED) is 0.778. The monoisotopic (exact) mass is 290 g/mol. The maximum Gasteiger partial charge on any atom is 0.215 e. The lowest BCUT2D eigenvalue weighted by Gasteiger charge is -2.32. The van der Waals surface area contributed by atoms with Gasteiger partial charge in [0.2, 0.25) is 5.79 Å². The van der Waals surface area contributed by atoms with Gasteiger partial charge in [0, 0.05) is 31.4 Å². The number of hydrogen-bond acceptors (Lipinski definition) is 5. The van der Waals surface area contributed by atoms with E-state index in [0.29, 0.717) is 22.6 Å². The minimum absolute atomic E-state index is 0.132. The van der Waals surface area contributed by atoms with Crippen molar-refractivity contribution in [3.05, 3.63) is 42.0 Å². The maximum atomic E-state index is 11.7. The Morgan fingerprint density at radius 3 is 2.29 bits per heavy atom.